The summed E-state index contributed by atoms with van der Waals surface area (Å²) < 4.78 is 54.6. The second kappa shape index (κ2) is 13.0. The van der Waals surface area contributed by atoms with Crippen molar-refractivity contribution in [2.45, 2.75) is 25.1 Å². The van der Waals surface area contributed by atoms with E-state index in [1.54, 1.807) is 7.05 Å². The molecule has 1 unspecified atom stereocenters. The van der Waals surface area contributed by atoms with Crippen molar-refractivity contribution >= 4 is 29.9 Å². The summed E-state index contributed by atoms with van der Waals surface area (Å²) in [7, 11) is 1.61. The molecule has 1 aromatic rings. The molecule has 1 atom stereocenters. The Balaban J connectivity index is 0.00000392. The molecule has 1 fully saturated rings. The van der Waals surface area contributed by atoms with E-state index < -0.39 is 17.6 Å². The Morgan fingerprint density at radius 2 is 2.11 bits per heavy atom. The van der Waals surface area contributed by atoms with Crippen LogP contribution in [-0.4, -0.2) is 63.6 Å². The first kappa shape index (κ1) is 24.7. The topological polar surface area (TPSA) is 77.0 Å². The zero-order valence-electron chi connectivity index (χ0n) is 15.6. The molecule has 11 heteroatoms. The predicted molar refractivity (Wildman–Crippen MR) is 109 cm³/mol. The molecule has 7 nitrogen and oxygen atoms in total. The predicted octanol–water partition coefficient (Wildman–Crippen LogP) is 2.46. The minimum absolute atomic E-state index is 0. The standard InChI is InChI=1S/C17H25F3N4O3.HI/c1-21-16(23-7-3-9-26-13-5-10-25-12-13)24-8-11-27-15-14(17(18,19)20)4-2-6-22-15;/h2,4,6,13H,3,5,7-12H2,1H3,(H2,21,23,24);1H. The first-order valence-corrected chi connectivity index (χ1v) is 8.79. The van der Waals surface area contributed by atoms with Crippen molar-refractivity contribution in [3.05, 3.63) is 23.9 Å². The zero-order valence-corrected chi connectivity index (χ0v) is 18.0. The third kappa shape index (κ3) is 8.78. The van der Waals surface area contributed by atoms with E-state index in [9.17, 15) is 13.2 Å². The molecular formula is C17H26F3IN4O3. The summed E-state index contributed by atoms with van der Waals surface area (Å²) in [6.45, 7) is 3.00. The summed E-state index contributed by atoms with van der Waals surface area (Å²) in [6.07, 6.45) is -1.31. The van der Waals surface area contributed by atoms with Crippen molar-refractivity contribution in [3.63, 3.8) is 0 Å². The van der Waals surface area contributed by atoms with Crippen LogP contribution in [-0.2, 0) is 15.7 Å². The van der Waals surface area contributed by atoms with Gasteiger partial charge in [0.25, 0.3) is 0 Å². The van der Waals surface area contributed by atoms with E-state index in [-0.39, 0.29) is 43.2 Å². The number of hydrogen-bond donors (Lipinski definition) is 2. The zero-order chi connectivity index (χ0) is 19.5. The third-order valence-electron chi connectivity index (χ3n) is 3.79. The van der Waals surface area contributed by atoms with Gasteiger partial charge >= 0.3 is 6.18 Å². The Hall–Kier alpha value is -1.34. The van der Waals surface area contributed by atoms with Gasteiger partial charge in [0.2, 0.25) is 5.88 Å². The summed E-state index contributed by atoms with van der Waals surface area (Å²) in [4.78, 5) is 7.69. The number of hydrogen-bond acceptors (Lipinski definition) is 5. The molecule has 0 spiro atoms. The van der Waals surface area contributed by atoms with Crippen molar-refractivity contribution in [1.82, 2.24) is 15.6 Å². The van der Waals surface area contributed by atoms with E-state index in [0.717, 1.165) is 25.5 Å². The molecule has 1 saturated heterocycles. The maximum absolute atomic E-state index is 12.9. The highest BCUT2D eigenvalue weighted by Gasteiger charge is 2.34. The number of aromatic nitrogens is 1. The lowest BCUT2D eigenvalue weighted by Gasteiger charge is -2.15. The second-order valence-corrected chi connectivity index (χ2v) is 5.84. The number of nitrogens with zero attached hydrogens (tertiary/aromatic N) is 2. The van der Waals surface area contributed by atoms with Crippen molar-refractivity contribution in [2.75, 3.05) is 46.6 Å². The molecule has 1 aliphatic heterocycles. The van der Waals surface area contributed by atoms with Crippen LogP contribution in [0.3, 0.4) is 0 Å². The van der Waals surface area contributed by atoms with E-state index in [1.165, 1.54) is 12.3 Å². The number of halogens is 4. The molecule has 0 amide bonds. The molecule has 0 radical (unpaired) electrons. The summed E-state index contributed by atoms with van der Waals surface area (Å²) in [5.41, 5.74) is -0.889. The average molecular weight is 518 g/mol. The van der Waals surface area contributed by atoms with E-state index in [2.05, 4.69) is 20.6 Å². The smallest absolute Gasteiger partial charge is 0.421 e. The van der Waals surface area contributed by atoms with Crippen LogP contribution in [0.4, 0.5) is 13.2 Å². The molecule has 160 valence electrons. The lowest BCUT2D eigenvalue weighted by Crippen LogP contribution is -2.40. The van der Waals surface area contributed by atoms with Gasteiger partial charge in [-0.2, -0.15) is 13.2 Å². The number of rotatable bonds is 9. The number of pyridine rings is 1. The first-order chi connectivity index (χ1) is 13.0. The highest BCUT2D eigenvalue weighted by Crippen LogP contribution is 2.34. The van der Waals surface area contributed by atoms with Gasteiger partial charge in [-0.05, 0) is 25.0 Å². The second-order valence-electron chi connectivity index (χ2n) is 5.84. The van der Waals surface area contributed by atoms with E-state index in [4.69, 9.17) is 14.2 Å². The van der Waals surface area contributed by atoms with Gasteiger partial charge < -0.3 is 24.8 Å². The van der Waals surface area contributed by atoms with E-state index in [1.807, 2.05) is 0 Å². The van der Waals surface area contributed by atoms with Gasteiger partial charge in [0.05, 0.1) is 19.3 Å². The number of aliphatic imine (C=N–C) groups is 1. The van der Waals surface area contributed by atoms with Crippen molar-refractivity contribution in [2.24, 2.45) is 4.99 Å². The largest absolute Gasteiger partial charge is 0.475 e. The molecule has 0 aliphatic carbocycles. The van der Waals surface area contributed by atoms with Crippen LogP contribution in [0, 0.1) is 0 Å². The monoisotopic (exact) mass is 518 g/mol. The van der Waals surface area contributed by atoms with Gasteiger partial charge in [-0.3, -0.25) is 4.99 Å². The van der Waals surface area contributed by atoms with Crippen LogP contribution < -0.4 is 15.4 Å². The fourth-order valence-corrected chi connectivity index (χ4v) is 2.43. The van der Waals surface area contributed by atoms with Crippen molar-refractivity contribution in [1.29, 1.82) is 0 Å². The first-order valence-electron chi connectivity index (χ1n) is 8.79. The van der Waals surface area contributed by atoms with Gasteiger partial charge in [0, 0.05) is 33.0 Å². The normalized spacial score (nSPS) is 17.1. The molecule has 28 heavy (non-hydrogen) atoms. The van der Waals surface area contributed by atoms with Crippen LogP contribution in [0.2, 0.25) is 0 Å². The van der Waals surface area contributed by atoms with Crippen LogP contribution in [0.1, 0.15) is 18.4 Å². The lowest BCUT2D eigenvalue weighted by molar-refractivity contribution is -0.139. The summed E-state index contributed by atoms with van der Waals surface area (Å²) >= 11 is 0. The van der Waals surface area contributed by atoms with Crippen LogP contribution in [0.5, 0.6) is 5.88 Å². The molecule has 0 saturated carbocycles. The van der Waals surface area contributed by atoms with Gasteiger partial charge in [0.1, 0.15) is 12.2 Å². The Labute approximate surface area is 179 Å². The highest BCUT2D eigenvalue weighted by atomic mass is 127. The quantitative estimate of drug-likeness (QED) is 0.227. The molecule has 2 heterocycles. The highest BCUT2D eigenvalue weighted by molar-refractivity contribution is 14.0. The molecule has 2 N–H and O–H groups in total. The molecule has 1 aromatic heterocycles. The van der Waals surface area contributed by atoms with E-state index >= 15 is 0 Å². The van der Waals surface area contributed by atoms with Gasteiger partial charge in [0.15, 0.2) is 5.96 Å². The van der Waals surface area contributed by atoms with E-state index in [0.29, 0.717) is 25.7 Å². The summed E-state index contributed by atoms with van der Waals surface area (Å²) in [5.74, 6) is 0.114. The van der Waals surface area contributed by atoms with Gasteiger partial charge in [-0.1, -0.05) is 0 Å². The number of guanidine groups is 1. The number of nitrogens with one attached hydrogen (secondary N) is 2. The number of ether oxygens (including phenoxy) is 3. The fraction of sp³-hybridized carbons (Fsp3) is 0.647. The van der Waals surface area contributed by atoms with Crippen molar-refractivity contribution in [3.8, 4) is 5.88 Å². The van der Waals surface area contributed by atoms with Crippen LogP contribution in [0.25, 0.3) is 0 Å². The Morgan fingerprint density at radius 3 is 2.79 bits per heavy atom. The summed E-state index contributed by atoms with van der Waals surface area (Å²) in [5, 5.41) is 6.08. The lowest BCUT2D eigenvalue weighted by atomic mass is 10.2. The molecule has 0 aromatic carbocycles. The van der Waals surface area contributed by atoms with Gasteiger partial charge in [-0.15, -0.1) is 24.0 Å². The van der Waals surface area contributed by atoms with Gasteiger partial charge in [-0.25, -0.2) is 4.98 Å². The SMILES string of the molecule is CN=C(NCCCOC1CCOC1)NCCOc1ncccc1C(F)(F)F.I. The van der Waals surface area contributed by atoms with Crippen LogP contribution in [0.15, 0.2) is 23.3 Å². The van der Waals surface area contributed by atoms with Crippen LogP contribution >= 0.6 is 24.0 Å². The molecule has 0 bridgehead atoms. The maximum atomic E-state index is 12.9. The minimum Gasteiger partial charge on any atom is -0.475 e. The molecule has 2 rings (SSSR count). The maximum Gasteiger partial charge on any atom is 0.421 e. The Bertz CT molecular complexity index is 599. The average Bonchev–Trinajstić information content (AvgIpc) is 3.16. The molecular weight excluding hydrogens is 492 g/mol. The summed E-state index contributed by atoms with van der Waals surface area (Å²) in [6, 6.07) is 2.17. The third-order valence-corrected chi connectivity index (χ3v) is 3.79. The minimum atomic E-state index is -4.50. The number of alkyl halides is 3. The molecule has 1 aliphatic rings. The Morgan fingerprint density at radius 1 is 1.32 bits per heavy atom. The Kier molecular flexibility index (Phi) is 11.5. The fourth-order valence-electron chi connectivity index (χ4n) is 2.43. The van der Waals surface area contributed by atoms with Crippen molar-refractivity contribution < 1.29 is 27.4 Å².